The quantitative estimate of drug-likeness (QED) is 0.800. The van der Waals surface area contributed by atoms with Crippen LogP contribution in [0.15, 0.2) is 40.9 Å². The minimum atomic E-state index is -1.03. The molecule has 2 aromatic rings. The maximum atomic E-state index is 11.0. The van der Waals surface area contributed by atoms with E-state index < -0.39 is 5.97 Å². The molecule has 20 heavy (non-hydrogen) atoms. The van der Waals surface area contributed by atoms with Gasteiger partial charge in [0.2, 0.25) is 0 Å². The molecular weight excluding hydrogens is 344 g/mol. The standard InChI is InChI=1S/C14H12BrClN2O2/c1-8(9-3-2-4-11(15)5-9)17-13-7-10(14(19)20)6-12(16)18-13/h2-8H,1H3,(H,17,18)(H,19,20). The molecule has 4 nitrogen and oxygen atoms in total. The fourth-order valence-corrected chi connectivity index (χ4v) is 2.40. The highest BCUT2D eigenvalue weighted by atomic mass is 79.9. The van der Waals surface area contributed by atoms with E-state index in [1.54, 1.807) is 0 Å². The number of carboxylic acid groups (broad SMARTS) is 1. The number of anilines is 1. The molecule has 0 radical (unpaired) electrons. The molecule has 1 heterocycles. The summed E-state index contributed by atoms with van der Waals surface area (Å²) in [7, 11) is 0. The molecule has 1 aromatic carbocycles. The number of aromatic carboxylic acids is 1. The van der Waals surface area contributed by atoms with Crippen molar-refractivity contribution in [3.8, 4) is 0 Å². The van der Waals surface area contributed by atoms with Crippen molar-refractivity contribution in [2.75, 3.05) is 5.32 Å². The van der Waals surface area contributed by atoms with Crippen LogP contribution in [-0.2, 0) is 0 Å². The first-order valence-corrected chi connectivity index (χ1v) is 7.05. The molecule has 2 N–H and O–H groups in total. The number of aromatic nitrogens is 1. The predicted octanol–water partition coefficient (Wildman–Crippen LogP) is 4.37. The van der Waals surface area contributed by atoms with Crippen molar-refractivity contribution < 1.29 is 9.90 Å². The Bertz CT molecular complexity index is 649. The predicted molar refractivity (Wildman–Crippen MR) is 82.4 cm³/mol. The Kier molecular flexibility index (Phi) is 4.62. The van der Waals surface area contributed by atoms with Gasteiger partial charge in [-0.15, -0.1) is 0 Å². The van der Waals surface area contributed by atoms with E-state index in [2.05, 4.69) is 26.2 Å². The first-order valence-electron chi connectivity index (χ1n) is 5.88. The summed E-state index contributed by atoms with van der Waals surface area (Å²) < 4.78 is 0.980. The summed E-state index contributed by atoms with van der Waals surface area (Å²) in [5.41, 5.74) is 1.16. The zero-order valence-electron chi connectivity index (χ0n) is 10.6. The highest BCUT2D eigenvalue weighted by Gasteiger charge is 2.11. The topological polar surface area (TPSA) is 62.2 Å². The van der Waals surface area contributed by atoms with Gasteiger partial charge in [-0.2, -0.15) is 0 Å². The summed E-state index contributed by atoms with van der Waals surface area (Å²) in [6.07, 6.45) is 0. The van der Waals surface area contributed by atoms with Crippen molar-refractivity contribution in [1.29, 1.82) is 0 Å². The van der Waals surface area contributed by atoms with Gasteiger partial charge >= 0.3 is 5.97 Å². The fraction of sp³-hybridized carbons (Fsp3) is 0.143. The first kappa shape index (κ1) is 14.8. The van der Waals surface area contributed by atoms with E-state index in [-0.39, 0.29) is 16.8 Å². The van der Waals surface area contributed by atoms with Gasteiger partial charge in [0.05, 0.1) is 5.56 Å². The van der Waals surface area contributed by atoms with Gasteiger partial charge in [-0.1, -0.05) is 39.7 Å². The van der Waals surface area contributed by atoms with Crippen LogP contribution in [0.3, 0.4) is 0 Å². The number of carboxylic acids is 1. The number of hydrogen-bond donors (Lipinski definition) is 2. The molecule has 0 aliphatic carbocycles. The highest BCUT2D eigenvalue weighted by molar-refractivity contribution is 9.10. The Morgan fingerprint density at radius 2 is 2.15 bits per heavy atom. The monoisotopic (exact) mass is 354 g/mol. The van der Waals surface area contributed by atoms with Crippen molar-refractivity contribution in [3.63, 3.8) is 0 Å². The molecule has 0 aliphatic rings. The lowest BCUT2D eigenvalue weighted by molar-refractivity contribution is 0.0697. The lowest BCUT2D eigenvalue weighted by Crippen LogP contribution is -2.09. The van der Waals surface area contributed by atoms with Gasteiger partial charge in [-0.25, -0.2) is 9.78 Å². The molecule has 0 bridgehead atoms. The molecule has 0 saturated carbocycles. The van der Waals surface area contributed by atoms with Gasteiger partial charge in [-0.3, -0.25) is 0 Å². The third kappa shape index (κ3) is 3.71. The lowest BCUT2D eigenvalue weighted by atomic mass is 10.1. The Balaban J connectivity index is 2.23. The van der Waals surface area contributed by atoms with Crippen LogP contribution in [0.4, 0.5) is 5.82 Å². The number of nitrogens with one attached hydrogen (secondary N) is 1. The number of carbonyl (C=O) groups is 1. The molecule has 1 atom stereocenters. The van der Waals surface area contributed by atoms with Gasteiger partial charge in [0.15, 0.2) is 0 Å². The summed E-state index contributed by atoms with van der Waals surface area (Å²) in [4.78, 5) is 15.1. The van der Waals surface area contributed by atoms with E-state index in [9.17, 15) is 4.79 Å². The number of halogens is 2. The molecule has 0 spiro atoms. The zero-order valence-corrected chi connectivity index (χ0v) is 12.9. The maximum Gasteiger partial charge on any atom is 0.335 e. The second-order valence-corrected chi connectivity index (χ2v) is 5.59. The molecule has 2 rings (SSSR count). The van der Waals surface area contributed by atoms with E-state index in [0.717, 1.165) is 10.0 Å². The molecule has 0 aliphatic heterocycles. The van der Waals surface area contributed by atoms with Crippen molar-refractivity contribution in [2.45, 2.75) is 13.0 Å². The number of nitrogens with zero attached hydrogens (tertiary/aromatic N) is 1. The van der Waals surface area contributed by atoms with Gasteiger partial charge in [0, 0.05) is 10.5 Å². The van der Waals surface area contributed by atoms with Crippen LogP contribution < -0.4 is 5.32 Å². The zero-order chi connectivity index (χ0) is 14.7. The van der Waals surface area contributed by atoms with Crippen molar-refractivity contribution in [3.05, 3.63) is 57.2 Å². The minimum absolute atomic E-state index is 0.0277. The summed E-state index contributed by atoms with van der Waals surface area (Å²) in [6.45, 7) is 1.96. The summed E-state index contributed by atoms with van der Waals surface area (Å²) >= 11 is 9.24. The van der Waals surface area contributed by atoms with E-state index in [4.69, 9.17) is 16.7 Å². The molecule has 1 unspecified atom stereocenters. The van der Waals surface area contributed by atoms with Crippen LogP contribution >= 0.6 is 27.5 Å². The molecule has 104 valence electrons. The second-order valence-electron chi connectivity index (χ2n) is 4.29. The van der Waals surface area contributed by atoms with Crippen LogP contribution in [0.2, 0.25) is 5.15 Å². The largest absolute Gasteiger partial charge is 0.478 e. The molecular formula is C14H12BrClN2O2. The molecule has 0 saturated heterocycles. The Morgan fingerprint density at radius 3 is 2.80 bits per heavy atom. The van der Waals surface area contributed by atoms with Crippen LogP contribution in [0.25, 0.3) is 0 Å². The number of rotatable bonds is 4. The number of pyridine rings is 1. The Labute approximate surface area is 129 Å². The van der Waals surface area contributed by atoms with Gasteiger partial charge < -0.3 is 10.4 Å². The lowest BCUT2D eigenvalue weighted by Gasteiger charge is -2.15. The first-order chi connectivity index (χ1) is 9.45. The van der Waals surface area contributed by atoms with Gasteiger partial charge in [-0.05, 0) is 36.8 Å². The van der Waals surface area contributed by atoms with Crippen LogP contribution in [0.1, 0.15) is 28.9 Å². The van der Waals surface area contributed by atoms with Crippen molar-refractivity contribution >= 4 is 39.3 Å². The smallest absolute Gasteiger partial charge is 0.335 e. The highest BCUT2D eigenvalue weighted by Crippen LogP contribution is 2.23. The number of benzene rings is 1. The average Bonchev–Trinajstić information content (AvgIpc) is 2.37. The third-order valence-electron chi connectivity index (χ3n) is 2.75. The summed E-state index contributed by atoms with van der Waals surface area (Å²) in [5.74, 6) is -0.602. The fourth-order valence-electron chi connectivity index (χ4n) is 1.78. The summed E-state index contributed by atoms with van der Waals surface area (Å²) in [6, 6.07) is 10.6. The maximum absolute atomic E-state index is 11.0. The van der Waals surface area contributed by atoms with Gasteiger partial charge in [0.25, 0.3) is 0 Å². The van der Waals surface area contributed by atoms with E-state index in [1.807, 2.05) is 31.2 Å². The average molecular weight is 356 g/mol. The van der Waals surface area contributed by atoms with Gasteiger partial charge in [0.1, 0.15) is 11.0 Å². The molecule has 1 aromatic heterocycles. The Hall–Kier alpha value is -1.59. The number of hydrogen-bond acceptors (Lipinski definition) is 3. The molecule has 0 amide bonds. The summed E-state index contributed by atoms with van der Waals surface area (Å²) in [5, 5.41) is 12.3. The Morgan fingerprint density at radius 1 is 1.40 bits per heavy atom. The second kappa shape index (κ2) is 6.24. The normalized spacial score (nSPS) is 11.9. The van der Waals surface area contributed by atoms with E-state index in [0.29, 0.717) is 5.82 Å². The van der Waals surface area contributed by atoms with Crippen molar-refractivity contribution in [2.24, 2.45) is 0 Å². The van der Waals surface area contributed by atoms with Crippen LogP contribution in [-0.4, -0.2) is 16.1 Å². The van der Waals surface area contributed by atoms with E-state index in [1.165, 1.54) is 12.1 Å². The third-order valence-corrected chi connectivity index (χ3v) is 3.44. The minimum Gasteiger partial charge on any atom is -0.478 e. The van der Waals surface area contributed by atoms with Crippen LogP contribution in [0.5, 0.6) is 0 Å². The molecule has 6 heteroatoms. The van der Waals surface area contributed by atoms with E-state index >= 15 is 0 Å². The van der Waals surface area contributed by atoms with Crippen molar-refractivity contribution in [1.82, 2.24) is 4.98 Å². The SMILES string of the molecule is CC(Nc1cc(C(=O)O)cc(Cl)n1)c1cccc(Br)c1. The van der Waals surface area contributed by atoms with Crippen LogP contribution in [0, 0.1) is 0 Å². The molecule has 0 fully saturated rings.